The highest BCUT2D eigenvalue weighted by molar-refractivity contribution is 6.77. The highest BCUT2D eigenvalue weighted by Crippen LogP contribution is 2.34. The van der Waals surface area contributed by atoms with Crippen molar-refractivity contribution in [3.63, 3.8) is 0 Å². The zero-order chi connectivity index (χ0) is 18.1. The number of halogens is 3. The quantitative estimate of drug-likeness (QED) is 0.789. The van der Waals surface area contributed by atoms with Crippen molar-refractivity contribution in [2.24, 2.45) is 11.1 Å². The van der Waals surface area contributed by atoms with Crippen LogP contribution in [0.4, 0.5) is 13.2 Å². The van der Waals surface area contributed by atoms with Gasteiger partial charge in [0.1, 0.15) is 0 Å². The van der Waals surface area contributed by atoms with Gasteiger partial charge in [0.2, 0.25) is 0 Å². The van der Waals surface area contributed by atoms with Gasteiger partial charge in [-0.15, -0.1) is 0 Å². The SMILES string of the molecule is CCC[C@H]1C(c2ccc(C(F)(F)F)cc2)=NO[C@@H]1[C@@H](O)[Si](C)(C)C. The molecule has 0 saturated carbocycles. The van der Waals surface area contributed by atoms with E-state index in [1.165, 1.54) is 12.1 Å². The van der Waals surface area contributed by atoms with Gasteiger partial charge in [-0.05, 0) is 24.1 Å². The van der Waals surface area contributed by atoms with Crippen LogP contribution >= 0.6 is 0 Å². The first-order valence-corrected chi connectivity index (χ1v) is 11.7. The fourth-order valence-corrected chi connectivity index (χ4v) is 4.17. The van der Waals surface area contributed by atoms with Gasteiger partial charge in [-0.1, -0.05) is 50.3 Å². The summed E-state index contributed by atoms with van der Waals surface area (Å²) in [4.78, 5) is 5.52. The summed E-state index contributed by atoms with van der Waals surface area (Å²) in [6.07, 6.45) is -3.13. The van der Waals surface area contributed by atoms with Gasteiger partial charge in [-0.2, -0.15) is 13.2 Å². The maximum absolute atomic E-state index is 12.7. The van der Waals surface area contributed by atoms with E-state index in [1.54, 1.807) is 0 Å². The van der Waals surface area contributed by atoms with Crippen LogP contribution in [-0.4, -0.2) is 30.7 Å². The monoisotopic (exact) mass is 359 g/mol. The van der Waals surface area contributed by atoms with E-state index in [1.807, 2.05) is 6.92 Å². The lowest BCUT2D eigenvalue weighted by Gasteiger charge is -2.31. The molecule has 0 bridgehead atoms. The van der Waals surface area contributed by atoms with E-state index < -0.39 is 31.6 Å². The molecule has 24 heavy (non-hydrogen) atoms. The van der Waals surface area contributed by atoms with Crippen molar-refractivity contribution in [2.75, 3.05) is 0 Å². The van der Waals surface area contributed by atoms with Crippen LogP contribution in [0.5, 0.6) is 0 Å². The molecule has 7 heteroatoms. The molecule has 0 saturated heterocycles. The Bertz CT molecular complexity index is 593. The Hall–Kier alpha value is -1.34. The number of aliphatic hydroxyl groups is 1. The molecule has 1 N–H and O–H groups in total. The maximum Gasteiger partial charge on any atom is 0.416 e. The van der Waals surface area contributed by atoms with E-state index in [4.69, 9.17) is 4.84 Å². The van der Waals surface area contributed by atoms with Gasteiger partial charge >= 0.3 is 6.18 Å². The highest BCUT2D eigenvalue weighted by atomic mass is 28.3. The molecule has 0 radical (unpaired) electrons. The average molecular weight is 359 g/mol. The second kappa shape index (κ2) is 6.88. The number of benzene rings is 1. The lowest BCUT2D eigenvalue weighted by Crippen LogP contribution is -2.49. The topological polar surface area (TPSA) is 41.8 Å². The Labute approximate surface area is 141 Å². The highest BCUT2D eigenvalue weighted by Gasteiger charge is 2.44. The Kier molecular flexibility index (Phi) is 5.44. The fourth-order valence-electron chi connectivity index (χ4n) is 2.89. The molecular formula is C17H24F3NO2Si. The van der Waals surface area contributed by atoms with Crippen molar-refractivity contribution < 1.29 is 23.1 Å². The summed E-state index contributed by atoms with van der Waals surface area (Å²) in [5.74, 6) is -0.103. The summed E-state index contributed by atoms with van der Waals surface area (Å²) in [5, 5.41) is 14.7. The van der Waals surface area contributed by atoms with Crippen molar-refractivity contribution in [1.82, 2.24) is 0 Å². The molecule has 2 rings (SSSR count). The largest absolute Gasteiger partial charge is 0.416 e. The van der Waals surface area contributed by atoms with E-state index in [-0.39, 0.29) is 5.92 Å². The number of nitrogens with zero attached hydrogens (tertiary/aromatic N) is 1. The standard InChI is InChI=1S/C17H24F3NO2Si/c1-5-6-13-14(21-23-15(13)16(22)24(2,3)4)11-7-9-12(10-8-11)17(18,19)20/h7-10,13,15-16,22H,5-6H2,1-4H3/t13-,15-,16-/m0/s1. The van der Waals surface area contributed by atoms with Crippen LogP contribution in [0.25, 0.3) is 0 Å². The molecule has 0 aliphatic carbocycles. The third-order valence-electron chi connectivity index (χ3n) is 4.33. The van der Waals surface area contributed by atoms with Crippen LogP contribution in [0.1, 0.15) is 30.9 Å². The van der Waals surface area contributed by atoms with E-state index in [9.17, 15) is 18.3 Å². The smallest absolute Gasteiger partial charge is 0.393 e. The molecule has 0 spiro atoms. The lowest BCUT2D eigenvalue weighted by atomic mass is 9.88. The van der Waals surface area contributed by atoms with E-state index in [0.717, 1.165) is 25.0 Å². The molecule has 3 atom stereocenters. The van der Waals surface area contributed by atoms with Crippen molar-refractivity contribution in [3.8, 4) is 0 Å². The molecule has 0 unspecified atom stereocenters. The molecule has 1 aliphatic rings. The molecule has 0 fully saturated rings. The molecule has 1 aromatic rings. The lowest BCUT2D eigenvalue weighted by molar-refractivity contribution is -0.137. The second-order valence-corrected chi connectivity index (χ2v) is 12.7. The molecule has 134 valence electrons. The third-order valence-corrected chi connectivity index (χ3v) is 6.43. The molecule has 0 aromatic heterocycles. The third kappa shape index (κ3) is 4.00. The van der Waals surface area contributed by atoms with Gasteiger partial charge in [-0.3, -0.25) is 0 Å². The predicted octanol–water partition coefficient (Wildman–Crippen LogP) is 4.46. The molecule has 1 aromatic carbocycles. The minimum absolute atomic E-state index is 0.103. The zero-order valence-electron chi connectivity index (χ0n) is 14.4. The van der Waals surface area contributed by atoms with Gasteiger partial charge in [0.25, 0.3) is 0 Å². The van der Waals surface area contributed by atoms with E-state index in [0.29, 0.717) is 11.3 Å². The number of oxime groups is 1. The van der Waals surface area contributed by atoms with E-state index >= 15 is 0 Å². The van der Waals surface area contributed by atoms with Crippen molar-refractivity contribution in [3.05, 3.63) is 35.4 Å². The van der Waals surface area contributed by atoms with Gasteiger partial charge < -0.3 is 9.94 Å². The molecule has 3 nitrogen and oxygen atoms in total. The first-order chi connectivity index (χ1) is 11.1. The van der Waals surface area contributed by atoms with Crippen LogP contribution in [0, 0.1) is 5.92 Å². The first-order valence-electron chi connectivity index (χ1n) is 8.15. The van der Waals surface area contributed by atoms with Crippen LogP contribution in [0.3, 0.4) is 0 Å². The number of alkyl halides is 3. The second-order valence-electron chi connectivity index (χ2n) is 7.33. The summed E-state index contributed by atoms with van der Waals surface area (Å²) >= 11 is 0. The van der Waals surface area contributed by atoms with Crippen LogP contribution in [0.2, 0.25) is 19.6 Å². The zero-order valence-corrected chi connectivity index (χ0v) is 15.4. The molecular weight excluding hydrogens is 335 g/mol. The summed E-state index contributed by atoms with van der Waals surface area (Å²) in [6, 6.07) is 4.97. The Morgan fingerprint density at radius 2 is 1.79 bits per heavy atom. The summed E-state index contributed by atoms with van der Waals surface area (Å²) in [6.45, 7) is 8.20. The van der Waals surface area contributed by atoms with E-state index in [2.05, 4.69) is 24.8 Å². The number of aliphatic hydroxyl groups excluding tert-OH is 1. The van der Waals surface area contributed by atoms with Gasteiger partial charge in [0.15, 0.2) is 6.10 Å². The van der Waals surface area contributed by atoms with Crippen LogP contribution < -0.4 is 0 Å². The summed E-state index contributed by atoms with van der Waals surface area (Å²) < 4.78 is 38.1. The van der Waals surface area contributed by atoms with Crippen LogP contribution in [0.15, 0.2) is 29.4 Å². The number of hydrogen-bond donors (Lipinski definition) is 1. The maximum atomic E-state index is 12.7. The first kappa shape index (κ1) is 19.0. The Morgan fingerprint density at radius 3 is 2.25 bits per heavy atom. The minimum atomic E-state index is -4.36. The van der Waals surface area contributed by atoms with Crippen LogP contribution in [-0.2, 0) is 11.0 Å². The molecule has 1 heterocycles. The number of hydrogen-bond acceptors (Lipinski definition) is 3. The van der Waals surface area contributed by atoms with Gasteiger partial charge in [-0.25, -0.2) is 0 Å². The predicted molar refractivity (Wildman–Crippen MR) is 90.6 cm³/mol. The fraction of sp³-hybridized carbons (Fsp3) is 0.588. The van der Waals surface area contributed by atoms with Crippen molar-refractivity contribution >= 4 is 13.8 Å². The summed E-state index contributed by atoms with van der Waals surface area (Å²) in [7, 11) is -1.85. The van der Waals surface area contributed by atoms with Gasteiger partial charge in [0.05, 0.1) is 25.1 Å². The van der Waals surface area contributed by atoms with Crippen molar-refractivity contribution in [2.45, 2.75) is 57.4 Å². The minimum Gasteiger partial charge on any atom is -0.393 e. The molecule has 1 aliphatic heterocycles. The van der Waals surface area contributed by atoms with Crippen molar-refractivity contribution in [1.29, 1.82) is 0 Å². The van der Waals surface area contributed by atoms with Gasteiger partial charge in [0, 0.05) is 5.92 Å². The average Bonchev–Trinajstić information content (AvgIpc) is 2.88. The molecule has 0 amide bonds. The summed E-state index contributed by atoms with van der Waals surface area (Å²) in [5.41, 5.74) is -0.0131. The normalized spacial score (nSPS) is 22.9. The Morgan fingerprint density at radius 1 is 1.21 bits per heavy atom. The Balaban J connectivity index is 2.26. The number of rotatable bonds is 5.